The smallest absolute Gasteiger partial charge is 0.408 e. The Hall–Kier alpha value is -1.79. The fraction of sp³-hybridized carbons (Fsp3) is 0.750. The molecule has 0 aliphatic heterocycles. The van der Waals surface area contributed by atoms with Crippen molar-refractivity contribution in [3.8, 4) is 0 Å². The maximum atomic E-state index is 11.5. The van der Waals surface area contributed by atoms with Crippen molar-refractivity contribution in [3.63, 3.8) is 0 Å². The minimum absolute atomic E-state index is 0.0985. The van der Waals surface area contributed by atoms with Gasteiger partial charge in [0.2, 0.25) is 6.04 Å². The Bertz CT molecular complexity index is 287. The van der Waals surface area contributed by atoms with Gasteiger partial charge in [0.1, 0.15) is 0 Å². The molecule has 0 heterocycles. The maximum absolute atomic E-state index is 11.5. The van der Waals surface area contributed by atoms with E-state index in [1.165, 1.54) is 0 Å². The number of carbonyl (C=O) groups excluding carboxylic acids is 3. The predicted octanol–water partition coefficient (Wildman–Crippen LogP) is 1.01. The summed E-state index contributed by atoms with van der Waals surface area (Å²) in [6.07, 6.45) is 0.725. The first-order valence-electron chi connectivity index (χ1n) is 6.33. The van der Waals surface area contributed by atoms with Gasteiger partial charge in [-0.15, -0.1) is 0 Å². The van der Waals surface area contributed by atoms with E-state index in [-0.39, 0.29) is 19.8 Å². The van der Waals surface area contributed by atoms with Crippen LogP contribution >= 0.6 is 0 Å². The zero-order chi connectivity index (χ0) is 14.7. The molecule has 7 nitrogen and oxygen atoms in total. The molecular weight excluding hydrogens is 254 g/mol. The summed E-state index contributed by atoms with van der Waals surface area (Å²) >= 11 is 0. The first kappa shape index (κ1) is 17.2. The number of amides is 1. The van der Waals surface area contributed by atoms with Crippen LogP contribution in [0.2, 0.25) is 0 Å². The van der Waals surface area contributed by atoms with Crippen molar-refractivity contribution in [2.45, 2.75) is 39.7 Å². The third kappa shape index (κ3) is 7.28. The lowest BCUT2D eigenvalue weighted by atomic mass is 10.3. The molecule has 7 heteroatoms. The van der Waals surface area contributed by atoms with E-state index in [1.807, 2.05) is 6.92 Å². The third-order valence-corrected chi connectivity index (χ3v) is 2.04. The van der Waals surface area contributed by atoms with Crippen molar-refractivity contribution in [2.75, 3.05) is 19.8 Å². The van der Waals surface area contributed by atoms with E-state index in [0.717, 1.165) is 6.42 Å². The second kappa shape index (κ2) is 10.2. The van der Waals surface area contributed by atoms with Crippen molar-refractivity contribution < 1.29 is 28.6 Å². The molecule has 1 amide bonds. The van der Waals surface area contributed by atoms with Crippen LogP contribution < -0.4 is 5.32 Å². The van der Waals surface area contributed by atoms with Gasteiger partial charge in [-0.3, -0.25) is 5.32 Å². The molecule has 0 rings (SSSR count). The van der Waals surface area contributed by atoms with Gasteiger partial charge < -0.3 is 14.2 Å². The summed E-state index contributed by atoms with van der Waals surface area (Å²) in [5, 5.41) is 2.13. The number of carbonyl (C=O) groups is 3. The highest BCUT2D eigenvalue weighted by molar-refractivity contribution is 6.01. The predicted molar refractivity (Wildman–Crippen MR) is 66.4 cm³/mol. The van der Waals surface area contributed by atoms with Gasteiger partial charge in [0.05, 0.1) is 19.8 Å². The molecule has 0 fully saturated rings. The van der Waals surface area contributed by atoms with E-state index in [2.05, 4.69) is 14.8 Å². The first-order valence-corrected chi connectivity index (χ1v) is 6.33. The lowest BCUT2D eigenvalue weighted by Crippen LogP contribution is -2.48. The molecule has 0 saturated carbocycles. The Kier molecular flexibility index (Phi) is 9.20. The van der Waals surface area contributed by atoms with E-state index in [4.69, 9.17) is 4.74 Å². The maximum Gasteiger partial charge on any atom is 0.408 e. The standard InChI is InChI=1S/C12H21NO6/c1-4-7-8-19-12(16)13-9(10(14)17-5-2)11(15)18-6-3/h9H,4-8H2,1-3H3,(H,13,16). The van der Waals surface area contributed by atoms with Gasteiger partial charge in [-0.05, 0) is 20.3 Å². The van der Waals surface area contributed by atoms with Gasteiger partial charge in [-0.1, -0.05) is 13.3 Å². The molecule has 0 aliphatic rings. The highest BCUT2D eigenvalue weighted by atomic mass is 16.6. The summed E-state index contributed by atoms with van der Waals surface area (Å²) in [6.45, 7) is 5.56. The lowest BCUT2D eigenvalue weighted by molar-refractivity contribution is -0.157. The molecule has 0 spiro atoms. The molecule has 0 unspecified atom stereocenters. The van der Waals surface area contributed by atoms with Crippen LogP contribution in [0.15, 0.2) is 0 Å². The van der Waals surface area contributed by atoms with Gasteiger partial charge >= 0.3 is 18.0 Å². The van der Waals surface area contributed by atoms with Crippen LogP contribution in [0.1, 0.15) is 33.6 Å². The van der Waals surface area contributed by atoms with Crippen LogP contribution in [0, 0.1) is 0 Å². The highest BCUT2D eigenvalue weighted by Crippen LogP contribution is 1.96. The quantitative estimate of drug-likeness (QED) is 0.307. The lowest BCUT2D eigenvalue weighted by Gasteiger charge is -2.15. The number of esters is 2. The van der Waals surface area contributed by atoms with Gasteiger partial charge in [0.15, 0.2) is 0 Å². The molecule has 0 atom stereocenters. The Labute approximate surface area is 112 Å². The van der Waals surface area contributed by atoms with Crippen LogP contribution in [0.25, 0.3) is 0 Å². The monoisotopic (exact) mass is 275 g/mol. The molecule has 1 N–H and O–H groups in total. The van der Waals surface area contributed by atoms with Crippen molar-refractivity contribution in [1.29, 1.82) is 0 Å². The summed E-state index contributed by atoms with van der Waals surface area (Å²) in [4.78, 5) is 34.5. The van der Waals surface area contributed by atoms with Crippen LogP contribution in [0.3, 0.4) is 0 Å². The molecular formula is C12H21NO6. The van der Waals surface area contributed by atoms with Gasteiger partial charge in [-0.2, -0.15) is 0 Å². The Morgan fingerprint density at radius 3 is 1.89 bits per heavy atom. The van der Waals surface area contributed by atoms with E-state index >= 15 is 0 Å². The average Bonchev–Trinajstić information content (AvgIpc) is 2.36. The van der Waals surface area contributed by atoms with Crippen molar-refractivity contribution in [1.82, 2.24) is 5.32 Å². The van der Waals surface area contributed by atoms with E-state index < -0.39 is 24.1 Å². The second-order valence-corrected chi connectivity index (χ2v) is 3.57. The number of unbranched alkanes of at least 4 members (excludes halogenated alkanes) is 1. The van der Waals surface area contributed by atoms with Crippen molar-refractivity contribution in [3.05, 3.63) is 0 Å². The average molecular weight is 275 g/mol. The summed E-state index contributed by atoms with van der Waals surface area (Å²) in [6, 6.07) is -1.49. The summed E-state index contributed by atoms with van der Waals surface area (Å²) < 4.78 is 14.2. The van der Waals surface area contributed by atoms with Gasteiger partial charge in [0, 0.05) is 0 Å². The molecule has 0 radical (unpaired) electrons. The normalized spacial score (nSPS) is 9.89. The second-order valence-electron chi connectivity index (χ2n) is 3.57. The Balaban J connectivity index is 4.44. The number of ether oxygens (including phenoxy) is 3. The van der Waals surface area contributed by atoms with Crippen molar-refractivity contribution >= 4 is 18.0 Å². The molecule has 0 aliphatic carbocycles. The number of nitrogens with one attached hydrogen (secondary N) is 1. The molecule has 0 bridgehead atoms. The first-order chi connectivity index (χ1) is 9.06. The Morgan fingerprint density at radius 1 is 0.947 bits per heavy atom. The minimum Gasteiger partial charge on any atom is -0.464 e. The molecule has 0 aromatic heterocycles. The van der Waals surface area contributed by atoms with Crippen molar-refractivity contribution in [2.24, 2.45) is 0 Å². The molecule has 0 aromatic carbocycles. The molecule has 110 valence electrons. The SMILES string of the molecule is CCCCOC(=O)NC(C(=O)OCC)C(=O)OCC. The number of hydrogen-bond donors (Lipinski definition) is 1. The summed E-state index contributed by atoms with van der Waals surface area (Å²) in [5.41, 5.74) is 0. The third-order valence-electron chi connectivity index (χ3n) is 2.04. The molecule has 19 heavy (non-hydrogen) atoms. The molecule has 0 saturated heterocycles. The van der Waals surface area contributed by atoms with Crippen LogP contribution in [0.5, 0.6) is 0 Å². The zero-order valence-corrected chi connectivity index (χ0v) is 11.6. The van der Waals surface area contributed by atoms with Gasteiger partial charge in [-0.25, -0.2) is 14.4 Å². The van der Waals surface area contributed by atoms with Crippen LogP contribution in [-0.2, 0) is 23.8 Å². The fourth-order valence-electron chi connectivity index (χ4n) is 1.13. The largest absolute Gasteiger partial charge is 0.464 e. The van der Waals surface area contributed by atoms with Crippen LogP contribution in [-0.4, -0.2) is 43.9 Å². The summed E-state index contributed by atoms with van der Waals surface area (Å²) in [7, 11) is 0. The number of hydrogen-bond acceptors (Lipinski definition) is 6. The summed E-state index contributed by atoms with van der Waals surface area (Å²) in [5.74, 6) is -1.73. The number of rotatable bonds is 8. The molecule has 0 aromatic rings. The van der Waals surface area contributed by atoms with Crippen LogP contribution in [0.4, 0.5) is 4.79 Å². The minimum atomic E-state index is -1.49. The van der Waals surface area contributed by atoms with E-state index in [9.17, 15) is 14.4 Å². The topological polar surface area (TPSA) is 90.9 Å². The van der Waals surface area contributed by atoms with E-state index in [0.29, 0.717) is 6.42 Å². The fourth-order valence-corrected chi connectivity index (χ4v) is 1.13. The van der Waals surface area contributed by atoms with Gasteiger partial charge in [0.25, 0.3) is 0 Å². The number of alkyl carbamates (subject to hydrolysis) is 1. The zero-order valence-electron chi connectivity index (χ0n) is 11.6. The highest BCUT2D eigenvalue weighted by Gasteiger charge is 2.31. The van der Waals surface area contributed by atoms with E-state index in [1.54, 1.807) is 13.8 Å². The Morgan fingerprint density at radius 2 is 1.47 bits per heavy atom.